The highest BCUT2D eigenvalue weighted by Crippen LogP contribution is 2.42. The molecular formula is C18H30N4. The summed E-state index contributed by atoms with van der Waals surface area (Å²) in [5.74, 6) is 0.910. The van der Waals surface area contributed by atoms with Crippen molar-refractivity contribution >= 4 is 5.95 Å². The molecule has 2 saturated heterocycles. The molecule has 1 aromatic heterocycles. The normalized spacial score (nSPS) is 23.0. The second-order valence-corrected chi connectivity index (χ2v) is 8.21. The number of hydrogen-bond donors (Lipinski definition) is 0. The van der Waals surface area contributed by atoms with Gasteiger partial charge in [0, 0.05) is 31.0 Å². The lowest BCUT2D eigenvalue weighted by Gasteiger charge is -2.49. The second-order valence-electron chi connectivity index (χ2n) is 8.21. The van der Waals surface area contributed by atoms with Gasteiger partial charge in [0.15, 0.2) is 0 Å². The largest absolute Gasteiger partial charge is 0.341 e. The number of hydrogen-bond acceptors (Lipinski definition) is 4. The molecule has 2 fully saturated rings. The topological polar surface area (TPSA) is 32.3 Å². The fourth-order valence-corrected chi connectivity index (χ4v) is 3.88. The van der Waals surface area contributed by atoms with Crippen molar-refractivity contribution in [3.63, 3.8) is 0 Å². The number of aromatic nitrogens is 2. The van der Waals surface area contributed by atoms with Gasteiger partial charge in [-0.3, -0.25) is 4.90 Å². The molecule has 0 saturated carbocycles. The maximum Gasteiger partial charge on any atom is 0.225 e. The first-order valence-electron chi connectivity index (χ1n) is 8.67. The molecule has 2 aliphatic rings. The smallest absolute Gasteiger partial charge is 0.225 e. The van der Waals surface area contributed by atoms with Crippen LogP contribution in [-0.2, 0) is 0 Å². The zero-order valence-electron chi connectivity index (χ0n) is 14.6. The molecule has 0 atom stereocenters. The van der Waals surface area contributed by atoms with Crippen molar-refractivity contribution in [2.75, 3.05) is 31.1 Å². The first kappa shape index (κ1) is 15.7. The SMILES string of the molecule is Cc1cnc(N2CCC3(CC2)CCN(C(C)(C)C)CC3)nc1. The van der Waals surface area contributed by atoms with Crippen LogP contribution in [0.3, 0.4) is 0 Å². The van der Waals surface area contributed by atoms with Gasteiger partial charge < -0.3 is 4.90 Å². The van der Waals surface area contributed by atoms with Crippen molar-refractivity contribution in [1.29, 1.82) is 0 Å². The van der Waals surface area contributed by atoms with E-state index in [1.54, 1.807) is 0 Å². The Morgan fingerprint density at radius 1 is 0.909 bits per heavy atom. The van der Waals surface area contributed by atoms with Crippen LogP contribution in [0.2, 0.25) is 0 Å². The van der Waals surface area contributed by atoms with Crippen molar-refractivity contribution < 1.29 is 0 Å². The second kappa shape index (κ2) is 5.80. The first-order valence-corrected chi connectivity index (χ1v) is 8.67. The van der Waals surface area contributed by atoms with Crippen molar-refractivity contribution in [3.05, 3.63) is 18.0 Å². The molecule has 3 rings (SSSR count). The Bertz CT molecular complexity index is 485. The van der Waals surface area contributed by atoms with E-state index in [0.29, 0.717) is 11.0 Å². The van der Waals surface area contributed by atoms with Gasteiger partial charge in [0.05, 0.1) is 0 Å². The third-order valence-corrected chi connectivity index (χ3v) is 5.65. The summed E-state index contributed by atoms with van der Waals surface area (Å²) in [6.07, 6.45) is 9.15. The number of aryl methyl sites for hydroxylation is 1. The van der Waals surface area contributed by atoms with E-state index >= 15 is 0 Å². The van der Waals surface area contributed by atoms with Gasteiger partial charge in [0.1, 0.15) is 0 Å². The van der Waals surface area contributed by atoms with Crippen molar-refractivity contribution in [3.8, 4) is 0 Å². The van der Waals surface area contributed by atoms with Gasteiger partial charge in [-0.05, 0) is 77.4 Å². The zero-order chi connectivity index (χ0) is 15.8. The molecule has 0 amide bonds. The van der Waals surface area contributed by atoms with E-state index < -0.39 is 0 Å². The van der Waals surface area contributed by atoms with Crippen LogP contribution in [0.5, 0.6) is 0 Å². The fraction of sp³-hybridized carbons (Fsp3) is 0.778. The molecule has 0 N–H and O–H groups in total. The van der Waals surface area contributed by atoms with E-state index in [-0.39, 0.29) is 0 Å². The summed E-state index contributed by atoms with van der Waals surface area (Å²) < 4.78 is 0. The number of nitrogens with zero attached hydrogens (tertiary/aromatic N) is 4. The van der Waals surface area contributed by atoms with Gasteiger partial charge in [-0.1, -0.05) is 0 Å². The van der Waals surface area contributed by atoms with E-state index in [0.717, 1.165) is 24.6 Å². The Kier molecular flexibility index (Phi) is 4.15. The Hall–Kier alpha value is -1.16. The number of anilines is 1. The third-order valence-electron chi connectivity index (χ3n) is 5.65. The lowest BCUT2D eigenvalue weighted by molar-refractivity contribution is 0.0292. The molecule has 0 unspecified atom stereocenters. The number of piperidine rings is 2. The van der Waals surface area contributed by atoms with Crippen LogP contribution in [0.25, 0.3) is 0 Å². The molecule has 4 nitrogen and oxygen atoms in total. The van der Waals surface area contributed by atoms with Crippen LogP contribution in [0.15, 0.2) is 12.4 Å². The summed E-state index contributed by atoms with van der Waals surface area (Å²) in [7, 11) is 0. The van der Waals surface area contributed by atoms with Crippen molar-refractivity contribution in [2.45, 2.75) is 58.9 Å². The molecule has 2 aliphatic heterocycles. The summed E-state index contributed by atoms with van der Waals surface area (Å²) in [6, 6.07) is 0. The molecule has 3 heterocycles. The average molecular weight is 302 g/mol. The number of rotatable bonds is 1. The molecule has 0 radical (unpaired) electrons. The van der Waals surface area contributed by atoms with E-state index in [1.807, 2.05) is 19.3 Å². The van der Waals surface area contributed by atoms with Crippen LogP contribution in [-0.4, -0.2) is 46.6 Å². The first-order chi connectivity index (χ1) is 10.4. The summed E-state index contributed by atoms with van der Waals surface area (Å²) in [5.41, 5.74) is 2.02. The monoisotopic (exact) mass is 302 g/mol. The van der Waals surface area contributed by atoms with Gasteiger partial charge in [-0.25, -0.2) is 9.97 Å². The molecule has 22 heavy (non-hydrogen) atoms. The molecular weight excluding hydrogens is 272 g/mol. The molecule has 122 valence electrons. The van der Waals surface area contributed by atoms with E-state index in [9.17, 15) is 0 Å². The van der Waals surface area contributed by atoms with Crippen LogP contribution >= 0.6 is 0 Å². The Morgan fingerprint density at radius 2 is 1.41 bits per heavy atom. The predicted octanol–water partition coefficient (Wildman–Crippen LogP) is 3.27. The lowest BCUT2D eigenvalue weighted by Crippen LogP contribution is -2.52. The summed E-state index contributed by atoms with van der Waals surface area (Å²) in [5, 5.41) is 0. The zero-order valence-corrected chi connectivity index (χ0v) is 14.6. The third kappa shape index (κ3) is 3.27. The number of likely N-dealkylation sites (tertiary alicyclic amines) is 1. The van der Waals surface area contributed by atoms with Gasteiger partial charge in [-0.2, -0.15) is 0 Å². The van der Waals surface area contributed by atoms with E-state index in [1.165, 1.54) is 38.8 Å². The van der Waals surface area contributed by atoms with Crippen molar-refractivity contribution in [1.82, 2.24) is 14.9 Å². The minimum atomic E-state index is 0.318. The average Bonchev–Trinajstić information content (AvgIpc) is 2.49. The summed E-state index contributed by atoms with van der Waals surface area (Å²) in [4.78, 5) is 14.0. The summed E-state index contributed by atoms with van der Waals surface area (Å²) >= 11 is 0. The van der Waals surface area contributed by atoms with Crippen LogP contribution in [0, 0.1) is 12.3 Å². The van der Waals surface area contributed by atoms with E-state index in [4.69, 9.17) is 0 Å². The Balaban J connectivity index is 1.57. The quantitative estimate of drug-likeness (QED) is 0.797. The maximum absolute atomic E-state index is 4.49. The van der Waals surface area contributed by atoms with Crippen LogP contribution in [0.4, 0.5) is 5.95 Å². The molecule has 0 aliphatic carbocycles. The predicted molar refractivity (Wildman–Crippen MR) is 91.2 cm³/mol. The summed E-state index contributed by atoms with van der Waals surface area (Å²) in [6.45, 7) is 13.8. The van der Waals surface area contributed by atoms with Gasteiger partial charge in [0.2, 0.25) is 5.95 Å². The van der Waals surface area contributed by atoms with Crippen LogP contribution < -0.4 is 4.90 Å². The maximum atomic E-state index is 4.49. The van der Waals surface area contributed by atoms with Gasteiger partial charge >= 0.3 is 0 Å². The standard InChI is InChI=1S/C18H30N4/c1-15-13-19-16(20-14-15)21-9-5-18(6-10-21)7-11-22(12-8-18)17(2,3)4/h13-14H,5-12H2,1-4H3. The molecule has 1 aromatic rings. The van der Waals surface area contributed by atoms with Gasteiger partial charge in [-0.15, -0.1) is 0 Å². The van der Waals surface area contributed by atoms with Gasteiger partial charge in [0.25, 0.3) is 0 Å². The highest BCUT2D eigenvalue weighted by atomic mass is 15.3. The molecule has 4 heteroatoms. The van der Waals surface area contributed by atoms with Crippen molar-refractivity contribution in [2.24, 2.45) is 5.41 Å². The molecule has 0 aromatic carbocycles. The lowest BCUT2D eigenvalue weighted by atomic mass is 9.70. The Labute approximate surface area is 134 Å². The minimum absolute atomic E-state index is 0.318. The highest BCUT2D eigenvalue weighted by molar-refractivity contribution is 5.30. The van der Waals surface area contributed by atoms with E-state index in [2.05, 4.69) is 40.5 Å². The molecule has 0 bridgehead atoms. The highest BCUT2D eigenvalue weighted by Gasteiger charge is 2.39. The van der Waals surface area contributed by atoms with Crippen LogP contribution in [0.1, 0.15) is 52.0 Å². The minimum Gasteiger partial charge on any atom is -0.341 e. The molecule has 1 spiro atoms. The fourth-order valence-electron chi connectivity index (χ4n) is 3.88. The Morgan fingerprint density at radius 3 is 1.91 bits per heavy atom.